The highest BCUT2D eigenvalue weighted by atomic mass is 16.5. The zero-order valence-electron chi connectivity index (χ0n) is 15.0. The second-order valence-electron chi connectivity index (χ2n) is 5.86. The first-order valence-corrected chi connectivity index (χ1v) is 7.85. The van der Waals surface area contributed by atoms with Crippen molar-refractivity contribution in [2.45, 2.75) is 13.5 Å². The molecule has 0 saturated heterocycles. The van der Waals surface area contributed by atoms with Crippen molar-refractivity contribution >= 4 is 22.6 Å². The molecule has 1 aromatic heterocycles. The molecule has 1 amide bonds. The van der Waals surface area contributed by atoms with Crippen molar-refractivity contribution in [3.8, 4) is 5.75 Å². The lowest BCUT2D eigenvalue weighted by molar-refractivity contribution is -0.130. The van der Waals surface area contributed by atoms with E-state index in [1.54, 1.807) is 26.0 Å². The van der Waals surface area contributed by atoms with Crippen LogP contribution in [0, 0.1) is 0 Å². The first kappa shape index (κ1) is 18.0. The van der Waals surface area contributed by atoms with Gasteiger partial charge in [0.05, 0.1) is 19.2 Å². The Bertz CT molecular complexity index is 716. The largest absolute Gasteiger partial charge is 0.497 e. The average Bonchev–Trinajstić information content (AvgIpc) is 2.56. The maximum atomic E-state index is 11.9. The lowest BCUT2D eigenvalue weighted by atomic mass is 10.1. The molecule has 0 atom stereocenters. The van der Waals surface area contributed by atoms with Gasteiger partial charge < -0.3 is 19.3 Å². The molecule has 0 aliphatic carbocycles. The molecule has 2 rings (SSSR count). The summed E-state index contributed by atoms with van der Waals surface area (Å²) in [6.07, 6.45) is 0. The number of ether oxygens (including phenoxy) is 2. The number of fused-ring (bicyclic) bond motifs is 1. The minimum atomic E-state index is 0.0200. The lowest BCUT2D eigenvalue weighted by Crippen LogP contribution is -2.32. The molecule has 6 nitrogen and oxygen atoms in total. The Labute approximate surface area is 143 Å². The van der Waals surface area contributed by atoms with Crippen LogP contribution in [-0.4, -0.2) is 57.3 Å². The average molecular weight is 331 g/mol. The Morgan fingerprint density at radius 2 is 1.96 bits per heavy atom. The topological polar surface area (TPSA) is 54.9 Å². The van der Waals surface area contributed by atoms with Crippen LogP contribution in [0.15, 0.2) is 24.3 Å². The van der Waals surface area contributed by atoms with Crippen molar-refractivity contribution in [2.24, 2.45) is 0 Å². The third-order valence-corrected chi connectivity index (χ3v) is 3.88. The predicted molar refractivity (Wildman–Crippen MR) is 95.6 cm³/mol. The van der Waals surface area contributed by atoms with Gasteiger partial charge in [-0.2, -0.15) is 0 Å². The van der Waals surface area contributed by atoms with Crippen molar-refractivity contribution in [3.63, 3.8) is 0 Å². The van der Waals surface area contributed by atoms with E-state index in [0.717, 1.165) is 28.0 Å². The maximum absolute atomic E-state index is 11.9. The van der Waals surface area contributed by atoms with E-state index >= 15 is 0 Å². The number of nitrogens with zero attached hydrogens (tertiary/aromatic N) is 3. The molecule has 0 saturated carbocycles. The molecule has 1 heterocycles. The third kappa shape index (κ3) is 4.14. The number of carbonyl (C=O) groups excluding carboxylic acids is 1. The summed E-state index contributed by atoms with van der Waals surface area (Å²) in [6.45, 7) is 3.14. The molecule has 2 aromatic rings. The second-order valence-corrected chi connectivity index (χ2v) is 5.86. The Balaban J connectivity index is 2.43. The second kappa shape index (κ2) is 7.97. The summed E-state index contributed by atoms with van der Waals surface area (Å²) in [4.78, 5) is 20.4. The van der Waals surface area contributed by atoms with Crippen LogP contribution >= 0.6 is 0 Å². The van der Waals surface area contributed by atoms with Crippen LogP contribution in [0.5, 0.6) is 5.75 Å². The van der Waals surface area contributed by atoms with Gasteiger partial charge in [-0.15, -0.1) is 0 Å². The molecule has 0 unspecified atom stereocenters. The van der Waals surface area contributed by atoms with Crippen molar-refractivity contribution in [1.29, 1.82) is 0 Å². The molecule has 6 heteroatoms. The Morgan fingerprint density at radius 3 is 2.54 bits per heavy atom. The van der Waals surface area contributed by atoms with Gasteiger partial charge in [-0.1, -0.05) is 0 Å². The Morgan fingerprint density at radius 1 is 1.21 bits per heavy atom. The van der Waals surface area contributed by atoms with Gasteiger partial charge in [-0.3, -0.25) is 4.79 Å². The van der Waals surface area contributed by atoms with Crippen LogP contribution in [0.3, 0.4) is 0 Å². The number of anilines is 1. The number of aromatic nitrogens is 1. The van der Waals surface area contributed by atoms with Gasteiger partial charge in [0, 0.05) is 58.2 Å². The molecule has 0 aliphatic rings. The molecule has 0 radical (unpaired) electrons. The maximum Gasteiger partial charge on any atom is 0.219 e. The van der Waals surface area contributed by atoms with Crippen LogP contribution in [0.4, 0.5) is 5.82 Å². The number of rotatable bonds is 7. The van der Waals surface area contributed by atoms with Gasteiger partial charge in [0.1, 0.15) is 11.6 Å². The fraction of sp³-hybridized carbons (Fsp3) is 0.444. The zero-order valence-corrected chi connectivity index (χ0v) is 15.0. The van der Waals surface area contributed by atoms with Gasteiger partial charge >= 0.3 is 0 Å². The number of benzene rings is 1. The normalized spacial score (nSPS) is 10.7. The summed E-state index contributed by atoms with van der Waals surface area (Å²) in [5.74, 6) is 1.64. The molecule has 0 fully saturated rings. The number of carbonyl (C=O) groups is 1. The molecule has 0 bridgehead atoms. The van der Waals surface area contributed by atoms with Crippen molar-refractivity contribution in [1.82, 2.24) is 9.88 Å². The van der Waals surface area contributed by atoms with Crippen LogP contribution in [0.25, 0.3) is 10.9 Å². The van der Waals surface area contributed by atoms with Gasteiger partial charge in [0.2, 0.25) is 5.91 Å². The van der Waals surface area contributed by atoms with E-state index < -0.39 is 0 Å². The molecule has 130 valence electrons. The smallest absolute Gasteiger partial charge is 0.219 e. The van der Waals surface area contributed by atoms with Crippen LogP contribution in [0.1, 0.15) is 12.5 Å². The van der Waals surface area contributed by atoms with E-state index in [1.165, 1.54) is 0 Å². The molecular formula is C18H25N3O3. The van der Waals surface area contributed by atoms with Crippen molar-refractivity contribution in [2.75, 3.05) is 46.4 Å². The van der Waals surface area contributed by atoms with Gasteiger partial charge in [0.15, 0.2) is 0 Å². The fourth-order valence-corrected chi connectivity index (χ4v) is 2.57. The van der Waals surface area contributed by atoms with Crippen LogP contribution in [-0.2, 0) is 16.1 Å². The molecule has 24 heavy (non-hydrogen) atoms. The molecule has 0 aliphatic heterocycles. The number of methoxy groups -OCH3 is 2. The minimum absolute atomic E-state index is 0.0200. The highest BCUT2D eigenvalue weighted by molar-refractivity contribution is 5.83. The molecule has 0 N–H and O–H groups in total. The summed E-state index contributed by atoms with van der Waals surface area (Å²) in [7, 11) is 7.17. The SMILES string of the molecule is COCCN(Cc1cc2ccc(OC)cc2nc1N(C)C)C(C)=O. The van der Waals surface area contributed by atoms with Crippen LogP contribution < -0.4 is 9.64 Å². The summed E-state index contributed by atoms with van der Waals surface area (Å²) in [5.41, 5.74) is 1.87. The summed E-state index contributed by atoms with van der Waals surface area (Å²) in [5, 5.41) is 1.02. The van der Waals surface area contributed by atoms with Gasteiger partial charge in [-0.05, 0) is 18.2 Å². The third-order valence-electron chi connectivity index (χ3n) is 3.88. The first-order chi connectivity index (χ1) is 11.5. The van der Waals surface area contributed by atoms with Crippen LogP contribution in [0.2, 0.25) is 0 Å². The molecule has 0 spiro atoms. The quantitative estimate of drug-likeness (QED) is 0.779. The van der Waals surface area contributed by atoms with E-state index in [2.05, 4.69) is 6.07 Å². The number of pyridine rings is 1. The van der Waals surface area contributed by atoms with E-state index in [-0.39, 0.29) is 5.91 Å². The number of hydrogen-bond acceptors (Lipinski definition) is 5. The van der Waals surface area contributed by atoms with Crippen molar-refractivity contribution in [3.05, 3.63) is 29.8 Å². The summed E-state index contributed by atoms with van der Waals surface area (Å²) in [6, 6.07) is 7.90. The Hall–Kier alpha value is -2.34. The van der Waals surface area contributed by atoms with Gasteiger partial charge in [-0.25, -0.2) is 4.98 Å². The van der Waals surface area contributed by atoms with Gasteiger partial charge in [0.25, 0.3) is 0 Å². The van der Waals surface area contributed by atoms with E-state index in [9.17, 15) is 4.79 Å². The van der Waals surface area contributed by atoms with Crippen molar-refractivity contribution < 1.29 is 14.3 Å². The van der Waals surface area contributed by atoms with E-state index in [4.69, 9.17) is 14.5 Å². The highest BCUT2D eigenvalue weighted by Crippen LogP contribution is 2.26. The standard InChI is InChI=1S/C18H25N3O3/c1-13(22)21(8-9-23-4)12-15-10-14-6-7-16(24-5)11-17(14)19-18(15)20(2)3/h6-7,10-11H,8-9,12H2,1-5H3. The first-order valence-electron chi connectivity index (χ1n) is 7.85. The highest BCUT2D eigenvalue weighted by Gasteiger charge is 2.15. The van der Waals surface area contributed by atoms with E-state index in [1.807, 2.05) is 37.2 Å². The monoisotopic (exact) mass is 331 g/mol. The zero-order chi connectivity index (χ0) is 17.7. The van der Waals surface area contributed by atoms with E-state index in [0.29, 0.717) is 19.7 Å². The summed E-state index contributed by atoms with van der Waals surface area (Å²) >= 11 is 0. The fourth-order valence-electron chi connectivity index (χ4n) is 2.57. The predicted octanol–water partition coefficient (Wildman–Crippen LogP) is 2.30. The summed E-state index contributed by atoms with van der Waals surface area (Å²) < 4.78 is 10.4. The number of hydrogen-bond donors (Lipinski definition) is 0. The lowest BCUT2D eigenvalue weighted by Gasteiger charge is -2.24. The Kier molecular flexibility index (Phi) is 5.98. The minimum Gasteiger partial charge on any atom is -0.497 e. The number of amides is 1. The molecular weight excluding hydrogens is 306 g/mol. The molecule has 1 aromatic carbocycles.